The number of hydrogen-bond acceptors (Lipinski definition) is 4. The first-order chi connectivity index (χ1) is 11.5. The summed E-state index contributed by atoms with van der Waals surface area (Å²) in [5.41, 5.74) is 2.33. The van der Waals surface area contributed by atoms with E-state index >= 15 is 0 Å². The number of nitrogens with one attached hydrogen (secondary N) is 1. The van der Waals surface area contributed by atoms with E-state index in [-0.39, 0.29) is 5.91 Å². The third-order valence-corrected chi connectivity index (χ3v) is 5.77. The van der Waals surface area contributed by atoms with Crippen molar-refractivity contribution in [2.45, 2.75) is 51.3 Å². The number of aryl methyl sites for hydroxylation is 1. The molecule has 0 aromatic heterocycles. The number of carbonyl (C=O) groups excluding carboxylic acids is 1. The van der Waals surface area contributed by atoms with Gasteiger partial charge in [0.25, 0.3) is 0 Å². The van der Waals surface area contributed by atoms with Gasteiger partial charge in [0, 0.05) is 11.8 Å². The third kappa shape index (κ3) is 5.07. The normalized spacial score (nSPS) is 20.5. The predicted molar refractivity (Wildman–Crippen MR) is 100 cm³/mol. The molecule has 1 fully saturated rings. The predicted octanol–water partition coefficient (Wildman–Crippen LogP) is 3.94. The summed E-state index contributed by atoms with van der Waals surface area (Å²) in [7, 11) is 3.28. The van der Waals surface area contributed by atoms with E-state index < -0.39 is 0 Å². The SMILES string of the molecule is COc1cc(C)c(CSCC(=O)N[C@@H]2CCCC[C@@H]2C)cc1OC. The van der Waals surface area contributed by atoms with Crippen LogP contribution >= 0.6 is 11.8 Å². The van der Waals surface area contributed by atoms with E-state index in [0.717, 1.165) is 29.2 Å². The molecule has 24 heavy (non-hydrogen) atoms. The van der Waals surface area contributed by atoms with Gasteiger partial charge in [0.05, 0.1) is 20.0 Å². The zero-order valence-electron chi connectivity index (χ0n) is 15.2. The Labute approximate surface area is 149 Å². The van der Waals surface area contributed by atoms with Crippen LogP contribution in [0.5, 0.6) is 11.5 Å². The minimum Gasteiger partial charge on any atom is -0.493 e. The summed E-state index contributed by atoms with van der Waals surface area (Å²) >= 11 is 1.64. The molecule has 1 saturated carbocycles. The summed E-state index contributed by atoms with van der Waals surface area (Å²) in [5, 5.41) is 3.21. The van der Waals surface area contributed by atoms with Crippen molar-refractivity contribution in [1.29, 1.82) is 0 Å². The molecule has 0 saturated heterocycles. The molecule has 1 aliphatic carbocycles. The second kappa shape index (κ2) is 9.21. The Bertz CT molecular complexity index is 562. The van der Waals surface area contributed by atoms with E-state index in [2.05, 4.69) is 19.2 Å². The van der Waals surface area contributed by atoms with Crippen LogP contribution in [0.15, 0.2) is 12.1 Å². The number of rotatable bonds is 7. The number of thioether (sulfide) groups is 1. The molecule has 0 bridgehead atoms. The first kappa shape index (κ1) is 19.0. The van der Waals surface area contributed by atoms with Gasteiger partial charge in [-0.3, -0.25) is 4.79 Å². The molecule has 2 atom stereocenters. The summed E-state index contributed by atoms with van der Waals surface area (Å²) < 4.78 is 10.7. The average molecular weight is 352 g/mol. The monoisotopic (exact) mass is 351 g/mol. The smallest absolute Gasteiger partial charge is 0.230 e. The molecule has 0 radical (unpaired) electrons. The average Bonchev–Trinajstić information content (AvgIpc) is 2.58. The molecule has 1 aliphatic rings. The fourth-order valence-electron chi connectivity index (χ4n) is 3.21. The highest BCUT2D eigenvalue weighted by atomic mass is 32.2. The maximum absolute atomic E-state index is 12.2. The number of hydrogen-bond donors (Lipinski definition) is 1. The van der Waals surface area contributed by atoms with Crippen LogP contribution in [0.3, 0.4) is 0 Å². The first-order valence-electron chi connectivity index (χ1n) is 8.63. The zero-order chi connectivity index (χ0) is 17.5. The third-order valence-electron chi connectivity index (χ3n) is 4.79. The minimum absolute atomic E-state index is 0.150. The molecule has 1 amide bonds. The van der Waals surface area contributed by atoms with Crippen LogP contribution in [0.1, 0.15) is 43.7 Å². The van der Waals surface area contributed by atoms with Crippen molar-refractivity contribution in [2.24, 2.45) is 5.92 Å². The van der Waals surface area contributed by atoms with Gasteiger partial charge < -0.3 is 14.8 Å². The molecule has 1 aromatic carbocycles. The van der Waals surface area contributed by atoms with Gasteiger partial charge in [0.1, 0.15) is 0 Å². The molecule has 0 spiro atoms. The van der Waals surface area contributed by atoms with Crippen molar-refractivity contribution in [2.75, 3.05) is 20.0 Å². The Hall–Kier alpha value is -1.36. The Kier molecular flexibility index (Phi) is 7.28. The summed E-state index contributed by atoms with van der Waals surface area (Å²) in [5.74, 6) is 3.52. The van der Waals surface area contributed by atoms with Gasteiger partial charge in [-0.25, -0.2) is 0 Å². The Morgan fingerprint density at radius 3 is 2.54 bits per heavy atom. The topological polar surface area (TPSA) is 47.6 Å². The highest BCUT2D eigenvalue weighted by Crippen LogP contribution is 2.32. The molecule has 0 aliphatic heterocycles. The second-order valence-corrected chi connectivity index (χ2v) is 7.55. The van der Waals surface area contributed by atoms with Gasteiger partial charge in [-0.05, 0) is 48.9 Å². The van der Waals surface area contributed by atoms with E-state index in [1.807, 2.05) is 12.1 Å². The van der Waals surface area contributed by atoms with Crippen LogP contribution < -0.4 is 14.8 Å². The molecule has 1 aromatic rings. The molecule has 5 heteroatoms. The van der Waals surface area contributed by atoms with Gasteiger partial charge in [0.15, 0.2) is 11.5 Å². The lowest BCUT2D eigenvalue weighted by Gasteiger charge is -2.29. The number of benzene rings is 1. The summed E-state index contributed by atoms with van der Waals surface area (Å²) in [6.07, 6.45) is 4.86. The van der Waals surface area contributed by atoms with Gasteiger partial charge in [-0.1, -0.05) is 19.8 Å². The van der Waals surface area contributed by atoms with E-state index in [1.165, 1.54) is 24.8 Å². The highest BCUT2D eigenvalue weighted by molar-refractivity contribution is 7.99. The van der Waals surface area contributed by atoms with Gasteiger partial charge in [-0.15, -0.1) is 11.8 Å². The Morgan fingerprint density at radius 1 is 1.21 bits per heavy atom. The lowest BCUT2D eigenvalue weighted by Crippen LogP contribution is -2.41. The fraction of sp³-hybridized carbons (Fsp3) is 0.632. The highest BCUT2D eigenvalue weighted by Gasteiger charge is 2.22. The van der Waals surface area contributed by atoms with Crippen LogP contribution in [0.25, 0.3) is 0 Å². The quantitative estimate of drug-likeness (QED) is 0.808. The Morgan fingerprint density at radius 2 is 1.88 bits per heavy atom. The van der Waals surface area contributed by atoms with Crippen LogP contribution in [0, 0.1) is 12.8 Å². The lowest BCUT2D eigenvalue weighted by atomic mass is 9.86. The molecule has 0 heterocycles. The van der Waals surface area contributed by atoms with Crippen molar-refractivity contribution in [1.82, 2.24) is 5.32 Å². The molecule has 134 valence electrons. The summed E-state index contributed by atoms with van der Waals surface area (Å²) in [6.45, 7) is 4.30. The molecule has 4 nitrogen and oxygen atoms in total. The van der Waals surface area contributed by atoms with E-state index in [4.69, 9.17) is 9.47 Å². The number of amides is 1. The van der Waals surface area contributed by atoms with Crippen molar-refractivity contribution in [3.8, 4) is 11.5 Å². The molecular weight excluding hydrogens is 322 g/mol. The molecule has 2 rings (SSSR count). The van der Waals surface area contributed by atoms with E-state index in [0.29, 0.717) is 17.7 Å². The fourth-order valence-corrected chi connectivity index (χ4v) is 4.11. The van der Waals surface area contributed by atoms with E-state index in [9.17, 15) is 4.79 Å². The molecule has 1 N–H and O–H groups in total. The molecule has 0 unspecified atom stereocenters. The van der Waals surface area contributed by atoms with Gasteiger partial charge >= 0.3 is 0 Å². The van der Waals surface area contributed by atoms with Crippen LogP contribution in [0.2, 0.25) is 0 Å². The maximum Gasteiger partial charge on any atom is 0.230 e. The number of carbonyl (C=O) groups is 1. The van der Waals surface area contributed by atoms with Gasteiger partial charge in [0.2, 0.25) is 5.91 Å². The second-order valence-electron chi connectivity index (χ2n) is 6.56. The zero-order valence-corrected chi connectivity index (χ0v) is 16.0. The van der Waals surface area contributed by atoms with Crippen LogP contribution in [-0.4, -0.2) is 31.9 Å². The summed E-state index contributed by atoms with van der Waals surface area (Å²) in [6, 6.07) is 4.34. The van der Waals surface area contributed by atoms with Crippen LogP contribution in [0.4, 0.5) is 0 Å². The summed E-state index contributed by atoms with van der Waals surface area (Å²) in [4.78, 5) is 12.2. The van der Waals surface area contributed by atoms with Crippen molar-refractivity contribution in [3.05, 3.63) is 23.3 Å². The first-order valence-corrected chi connectivity index (χ1v) is 9.79. The van der Waals surface area contributed by atoms with Crippen molar-refractivity contribution >= 4 is 17.7 Å². The number of methoxy groups -OCH3 is 2. The maximum atomic E-state index is 12.2. The van der Waals surface area contributed by atoms with Crippen molar-refractivity contribution < 1.29 is 14.3 Å². The van der Waals surface area contributed by atoms with Crippen molar-refractivity contribution in [3.63, 3.8) is 0 Å². The van der Waals surface area contributed by atoms with E-state index in [1.54, 1.807) is 26.0 Å². The largest absolute Gasteiger partial charge is 0.493 e. The number of ether oxygens (including phenoxy) is 2. The minimum atomic E-state index is 0.150. The van der Waals surface area contributed by atoms with Crippen LogP contribution in [-0.2, 0) is 10.5 Å². The van der Waals surface area contributed by atoms with Gasteiger partial charge in [-0.2, -0.15) is 0 Å². The lowest BCUT2D eigenvalue weighted by molar-refractivity contribution is -0.119. The standard InChI is InChI=1S/C19H29NO3S/c1-13-7-5-6-8-16(13)20-19(21)12-24-11-15-10-18(23-4)17(22-3)9-14(15)2/h9-10,13,16H,5-8,11-12H2,1-4H3,(H,20,21)/t13-,16+/m0/s1. The Balaban J connectivity index is 1.84. The molecular formula is C19H29NO3S.